The molecule has 0 aromatic heterocycles. The fourth-order valence-electron chi connectivity index (χ4n) is 6.62. The molecule has 0 radical (unpaired) electrons. The van der Waals surface area contributed by atoms with Crippen molar-refractivity contribution < 1.29 is 4.74 Å². The van der Waals surface area contributed by atoms with Crippen molar-refractivity contribution in [2.45, 2.75) is 50.5 Å². The summed E-state index contributed by atoms with van der Waals surface area (Å²) in [5.74, 6) is 4.52. The van der Waals surface area contributed by atoms with Crippen LogP contribution in [0, 0.1) is 29.6 Å². The van der Waals surface area contributed by atoms with Crippen molar-refractivity contribution in [3.05, 3.63) is 0 Å². The van der Waals surface area contributed by atoms with Gasteiger partial charge in [-0.2, -0.15) is 0 Å². The second-order valence-electron chi connectivity index (χ2n) is 8.46. The van der Waals surface area contributed by atoms with Crippen LogP contribution < -0.4 is 5.73 Å². The Hall–Kier alpha value is -0.120. The predicted octanol–water partition coefficient (Wildman–Crippen LogP) is 2.50. The third kappa shape index (κ3) is 2.27. The van der Waals surface area contributed by atoms with E-state index >= 15 is 0 Å². The fourth-order valence-corrected chi connectivity index (χ4v) is 6.62. The first-order valence-corrected chi connectivity index (χ1v) is 9.21. The normalized spacial score (nSPS) is 49.0. The molecule has 0 spiro atoms. The van der Waals surface area contributed by atoms with Crippen molar-refractivity contribution in [1.82, 2.24) is 4.90 Å². The average Bonchev–Trinajstić information content (AvgIpc) is 2.48. The highest BCUT2D eigenvalue weighted by atomic mass is 16.5. The standard InChI is InChI=1S/C18H32N2O/c1-20(10-13-3-2-4-21-11-13)18(12-19)16-6-14-5-15(8-16)9-17(18)7-14/h13-17H,2-12,19H2,1H3. The Morgan fingerprint density at radius 1 is 1.10 bits per heavy atom. The van der Waals surface area contributed by atoms with Gasteiger partial charge in [-0.3, -0.25) is 4.90 Å². The zero-order valence-corrected chi connectivity index (χ0v) is 13.6. The third-order valence-corrected chi connectivity index (χ3v) is 7.38. The van der Waals surface area contributed by atoms with E-state index in [1.54, 1.807) is 0 Å². The molecule has 3 heteroatoms. The van der Waals surface area contributed by atoms with Gasteiger partial charge in [0.15, 0.2) is 0 Å². The van der Waals surface area contributed by atoms with E-state index in [9.17, 15) is 0 Å². The van der Waals surface area contributed by atoms with Gasteiger partial charge in [0.25, 0.3) is 0 Å². The van der Waals surface area contributed by atoms with Crippen LogP contribution in [0.3, 0.4) is 0 Å². The zero-order chi connectivity index (χ0) is 14.4. The van der Waals surface area contributed by atoms with E-state index < -0.39 is 0 Å². The zero-order valence-electron chi connectivity index (χ0n) is 13.6. The number of likely N-dealkylation sites (N-methyl/N-ethyl adjacent to an activating group) is 1. The van der Waals surface area contributed by atoms with Gasteiger partial charge in [0.05, 0.1) is 6.61 Å². The van der Waals surface area contributed by atoms with E-state index in [2.05, 4.69) is 11.9 Å². The molecule has 2 N–H and O–H groups in total. The summed E-state index contributed by atoms with van der Waals surface area (Å²) in [5, 5.41) is 0. The summed E-state index contributed by atoms with van der Waals surface area (Å²) >= 11 is 0. The third-order valence-electron chi connectivity index (χ3n) is 7.38. The number of nitrogens with two attached hydrogens (primary N) is 1. The van der Waals surface area contributed by atoms with Crippen LogP contribution in [0.2, 0.25) is 0 Å². The first-order valence-electron chi connectivity index (χ1n) is 9.21. The van der Waals surface area contributed by atoms with E-state index in [1.807, 2.05) is 0 Å². The van der Waals surface area contributed by atoms with Crippen molar-refractivity contribution >= 4 is 0 Å². The molecule has 5 fully saturated rings. The Balaban J connectivity index is 1.52. The van der Waals surface area contributed by atoms with Gasteiger partial charge < -0.3 is 10.5 Å². The monoisotopic (exact) mass is 292 g/mol. The van der Waals surface area contributed by atoms with Crippen molar-refractivity contribution in [2.75, 3.05) is 33.4 Å². The molecular weight excluding hydrogens is 260 g/mol. The van der Waals surface area contributed by atoms with Gasteiger partial charge in [0.2, 0.25) is 0 Å². The molecule has 1 saturated heterocycles. The second-order valence-corrected chi connectivity index (χ2v) is 8.46. The van der Waals surface area contributed by atoms with Gasteiger partial charge in [-0.25, -0.2) is 0 Å². The summed E-state index contributed by atoms with van der Waals surface area (Å²) in [6.07, 6.45) is 9.92. The summed E-state index contributed by atoms with van der Waals surface area (Å²) in [6.45, 7) is 3.99. The van der Waals surface area contributed by atoms with Gasteiger partial charge in [-0.1, -0.05) is 0 Å². The maximum Gasteiger partial charge on any atom is 0.0506 e. The molecule has 120 valence electrons. The molecule has 4 bridgehead atoms. The molecule has 1 atom stereocenters. The quantitative estimate of drug-likeness (QED) is 0.865. The van der Waals surface area contributed by atoms with Gasteiger partial charge in [-0.05, 0) is 81.6 Å². The van der Waals surface area contributed by atoms with Crippen LogP contribution >= 0.6 is 0 Å². The number of hydrogen-bond acceptors (Lipinski definition) is 3. The number of hydrogen-bond donors (Lipinski definition) is 1. The lowest BCUT2D eigenvalue weighted by Crippen LogP contribution is -2.69. The second kappa shape index (κ2) is 5.50. The molecule has 0 aromatic rings. The smallest absolute Gasteiger partial charge is 0.0506 e. The average molecular weight is 292 g/mol. The van der Waals surface area contributed by atoms with E-state index in [0.29, 0.717) is 5.54 Å². The minimum Gasteiger partial charge on any atom is -0.381 e. The molecule has 0 amide bonds. The highest BCUT2D eigenvalue weighted by Crippen LogP contribution is 2.59. The summed E-state index contributed by atoms with van der Waals surface area (Å²) in [7, 11) is 2.36. The SMILES string of the molecule is CN(CC1CCCOC1)C1(CN)C2CC3CC(C2)CC1C3. The minimum absolute atomic E-state index is 0.310. The first-order chi connectivity index (χ1) is 10.2. The molecule has 0 aromatic carbocycles. The van der Waals surface area contributed by atoms with Crippen LogP contribution in [0.5, 0.6) is 0 Å². The lowest BCUT2D eigenvalue weighted by molar-refractivity contribution is -0.130. The molecule has 3 nitrogen and oxygen atoms in total. The molecule has 1 aliphatic heterocycles. The summed E-state index contributed by atoms with van der Waals surface area (Å²) in [4.78, 5) is 2.69. The van der Waals surface area contributed by atoms with Crippen molar-refractivity contribution in [3.8, 4) is 0 Å². The highest BCUT2D eigenvalue weighted by Gasteiger charge is 2.58. The van der Waals surface area contributed by atoms with E-state index in [1.165, 1.54) is 51.5 Å². The molecule has 21 heavy (non-hydrogen) atoms. The molecular formula is C18H32N2O. The molecule has 1 heterocycles. The number of nitrogens with zero attached hydrogens (tertiary/aromatic N) is 1. The van der Waals surface area contributed by atoms with Crippen molar-refractivity contribution in [2.24, 2.45) is 35.3 Å². The lowest BCUT2D eigenvalue weighted by atomic mass is 9.48. The summed E-state index contributed by atoms with van der Waals surface area (Å²) < 4.78 is 5.70. The van der Waals surface area contributed by atoms with E-state index in [4.69, 9.17) is 10.5 Å². The van der Waals surface area contributed by atoms with Crippen molar-refractivity contribution in [1.29, 1.82) is 0 Å². The Kier molecular flexibility index (Phi) is 3.79. The predicted molar refractivity (Wildman–Crippen MR) is 85.0 cm³/mol. The Morgan fingerprint density at radius 2 is 1.76 bits per heavy atom. The Labute approximate surface area is 129 Å². The molecule has 4 aliphatic carbocycles. The van der Waals surface area contributed by atoms with Crippen LogP contribution in [-0.4, -0.2) is 43.8 Å². The maximum atomic E-state index is 6.42. The largest absolute Gasteiger partial charge is 0.381 e. The van der Waals surface area contributed by atoms with Gasteiger partial charge in [0, 0.05) is 25.2 Å². The maximum absolute atomic E-state index is 6.42. The molecule has 1 unspecified atom stereocenters. The van der Waals surface area contributed by atoms with Crippen LogP contribution in [0.15, 0.2) is 0 Å². The number of rotatable bonds is 4. The van der Waals surface area contributed by atoms with E-state index in [-0.39, 0.29) is 0 Å². The molecule has 4 saturated carbocycles. The Morgan fingerprint density at radius 3 is 2.29 bits per heavy atom. The first kappa shape index (κ1) is 14.5. The highest BCUT2D eigenvalue weighted by molar-refractivity contribution is 5.12. The van der Waals surface area contributed by atoms with Crippen LogP contribution in [0.4, 0.5) is 0 Å². The van der Waals surface area contributed by atoms with Crippen LogP contribution in [0.25, 0.3) is 0 Å². The number of ether oxygens (including phenoxy) is 1. The minimum atomic E-state index is 0.310. The summed E-state index contributed by atoms with van der Waals surface area (Å²) in [6, 6.07) is 0. The van der Waals surface area contributed by atoms with Gasteiger partial charge in [0.1, 0.15) is 0 Å². The van der Waals surface area contributed by atoms with Gasteiger partial charge >= 0.3 is 0 Å². The fraction of sp³-hybridized carbons (Fsp3) is 1.00. The topological polar surface area (TPSA) is 38.5 Å². The van der Waals surface area contributed by atoms with Crippen LogP contribution in [0.1, 0.15) is 44.9 Å². The van der Waals surface area contributed by atoms with Crippen LogP contribution in [-0.2, 0) is 4.74 Å². The Bertz CT molecular complexity index is 349. The van der Waals surface area contributed by atoms with E-state index in [0.717, 1.165) is 49.3 Å². The molecule has 5 aliphatic rings. The molecule has 5 rings (SSSR count). The van der Waals surface area contributed by atoms with Gasteiger partial charge in [-0.15, -0.1) is 0 Å². The summed E-state index contributed by atoms with van der Waals surface area (Å²) in [5.41, 5.74) is 6.73. The lowest BCUT2D eigenvalue weighted by Gasteiger charge is -2.64. The van der Waals surface area contributed by atoms with Crippen molar-refractivity contribution in [3.63, 3.8) is 0 Å².